The lowest BCUT2D eigenvalue weighted by Crippen LogP contribution is -2.40. The molecule has 0 radical (unpaired) electrons. The van der Waals surface area contributed by atoms with Gasteiger partial charge in [0.05, 0.1) is 12.4 Å². The highest BCUT2D eigenvalue weighted by molar-refractivity contribution is 6.29. The molecular weight excluding hydrogens is 264 g/mol. The number of halogens is 1. The van der Waals surface area contributed by atoms with E-state index in [4.69, 9.17) is 11.6 Å². The summed E-state index contributed by atoms with van der Waals surface area (Å²) in [4.78, 5) is 24.8. The lowest BCUT2D eigenvalue weighted by Gasteiger charge is -2.25. The van der Waals surface area contributed by atoms with Gasteiger partial charge in [-0.1, -0.05) is 11.6 Å². The normalized spacial score (nSPS) is 24.1. The summed E-state index contributed by atoms with van der Waals surface area (Å²) in [5.74, 6) is -0.0521. The number of rotatable bonds is 1. The largest absolute Gasteiger partial charge is 0.336 e. The van der Waals surface area contributed by atoms with E-state index < -0.39 is 0 Å². The van der Waals surface area contributed by atoms with Crippen molar-refractivity contribution in [3.8, 4) is 0 Å². The van der Waals surface area contributed by atoms with E-state index in [9.17, 15) is 4.79 Å². The molecule has 2 fully saturated rings. The summed E-state index contributed by atoms with van der Waals surface area (Å²) in [6.07, 6.45) is 6.38. The van der Waals surface area contributed by atoms with Crippen molar-refractivity contribution in [1.82, 2.24) is 19.8 Å². The first kappa shape index (κ1) is 12.8. The molecule has 0 aliphatic carbocycles. The van der Waals surface area contributed by atoms with Gasteiger partial charge >= 0.3 is 0 Å². The van der Waals surface area contributed by atoms with Gasteiger partial charge in [-0.3, -0.25) is 14.7 Å². The summed E-state index contributed by atoms with van der Waals surface area (Å²) < 4.78 is 0. The first-order chi connectivity index (χ1) is 9.24. The second-order valence-corrected chi connectivity index (χ2v) is 5.55. The topological polar surface area (TPSA) is 49.3 Å². The van der Waals surface area contributed by atoms with Crippen LogP contribution in [0.15, 0.2) is 12.4 Å². The van der Waals surface area contributed by atoms with Gasteiger partial charge in [-0.05, 0) is 25.8 Å². The van der Waals surface area contributed by atoms with Gasteiger partial charge in [0.1, 0.15) is 10.8 Å². The van der Waals surface area contributed by atoms with Gasteiger partial charge in [0.15, 0.2) is 0 Å². The summed E-state index contributed by atoms with van der Waals surface area (Å²) >= 11 is 5.80. The van der Waals surface area contributed by atoms with Gasteiger partial charge in [0.2, 0.25) is 0 Å². The lowest BCUT2D eigenvalue weighted by atomic mass is 10.2. The van der Waals surface area contributed by atoms with Crippen LogP contribution in [0.2, 0.25) is 5.15 Å². The van der Waals surface area contributed by atoms with Gasteiger partial charge in [0.25, 0.3) is 5.91 Å². The van der Waals surface area contributed by atoms with Crippen molar-refractivity contribution in [2.24, 2.45) is 0 Å². The molecular formula is C13H17ClN4O. The Hall–Kier alpha value is -1.20. The third kappa shape index (κ3) is 2.72. The fourth-order valence-electron chi connectivity index (χ4n) is 3.00. The van der Waals surface area contributed by atoms with E-state index in [0.717, 1.165) is 26.1 Å². The van der Waals surface area contributed by atoms with Gasteiger partial charge < -0.3 is 4.90 Å². The summed E-state index contributed by atoms with van der Waals surface area (Å²) in [7, 11) is 0. The predicted octanol–water partition coefficient (Wildman–Crippen LogP) is 1.44. The fraction of sp³-hybridized carbons (Fsp3) is 0.615. The molecule has 0 N–H and O–H groups in total. The zero-order valence-electron chi connectivity index (χ0n) is 10.8. The molecule has 3 rings (SSSR count). The third-order valence-corrected chi connectivity index (χ3v) is 4.10. The summed E-state index contributed by atoms with van der Waals surface area (Å²) in [5, 5.41) is 0.267. The van der Waals surface area contributed by atoms with E-state index in [1.165, 1.54) is 31.8 Å². The van der Waals surface area contributed by atoms with Crippen molar-refractivity contribution >= 4 is 17.5 Å². The zero-order chi connectivity index (χ0) is 13.2. The van der Waals surface area contributed by atoms with Crippen LogP contribution in [0.25, 0.3) is 0 Å². The molecule has 19 heavy (non-hydrogen) atoms. The highest BCUT2D eigenvalue weighted by Gasteiger charge is 2.31. The average Bonchev–Trinajstić information content (AvgIpc) is 2.75. The summed E-state index contributed by atoms with van der Waals surface area (Å²) in [5.41, 5.74) is 0.346. The van der Waals surface area contributed by atoms with Crippen LogP contribution in [0.3, 0.4) is 0 Å². The van der Waals surface area contributed by atoms with Crippen molar-refractivity contribution in [1.29, 1.82) is 0 Å². The molecule has 1 unspecified atom stereocenters. The molecule has 2 aliphatic heterocycles. The Morgan fingerprint density at radius 1 is 1.26 bits per heavy atom. The molecule has 0 spiro atoms. The molecule has 1 atom stereocenters. The van der Waals surface area contributed by atoms with Crippen LogP contribution in [0.4, 0.5) is 0 Å². The Labute approximate surface area is 117 Å². The molecule has 0 saturated carbocycles. The summed E-state index contributed by atoms with van der Waals surface area (Å²) in [6.45, 7) is 3.85. The number of carbonyl (C=O) groups excluding carboxylic acids is 1. The van der Waals surface area contributed by atoms with E-state index in [1.807, 2.05) is 4.90 Å². The number of hydrogen-bond acceptors (Lipinski definition) is 4. The smallest absolute Gasteiger partial charge is 0.274 e. The quantitative estimate of drug-likeness (QED) is 0.781. The Bertz CT molecular complexity index is 481. The monoisotopic (exact) mass is 280 g/mol. The van der Waals surface area contributed by atoms with Crippen molar-refractivity contribution in [2.75, 3.05) is 26.2 Å². The molecule has 6 heteroatoms. The van der Waals surface area contributed by atoms with Gasteiger partial charge in [-0.2, -0.15) is 0 Å². The Morgan fingerprint density at radius 2 is 2.11 bits per heavy atom. The van der Waals surface area contributed by atoms with Gasteiger partial charge in [-0.25, -0.2) is 4.98 Å². The fourth-order valence-corrected chi connectivity index (χ4v) is 3.15. The first-order valence-electron chi connectivity index (χ1n) is 6.75. The number of fused-ring (bicyclic) bond motifs is 1. The number of hydrogen-bond donors (Lipinski definition) is 0. The first-order valence-corrected chi connectivity index (χ1v) is 7.13. The maximum atomic E-state index is 12.4. The van der Waals surface area contributed by atoms with Crippen LogP contribution in [0.1, 0.15) is 29.8 Å². The predicted molar refractivity (Wildman–Crippen MR) is 72.2 cm³/mol. The highest BCUT2D eigenvalue weighted by atomic mass is 35.5. The van der Waals surface area contributed by atoms with Crippen LogP contribution in [-0.2, 0) is 0 Å². The van der Waals surface area contributed by atoms with E-state index in [1.54, 1.807) is 0 Å². The van der Waals surface area contributed by atoms with E-state index >= 15 is 0 Å². The minimum Gasteiger partial charge on any atom is -0.336 e. The van der Waals surface area contributed by atoms with Crippen LogP contribution in [0.5, 0.6) is 0 Å². The maximum absolute atomic E-state index is 12.4. The molecule has 5 nitrogen and oxygen atoms in total. The Kier molecular flexibility index (Phi) is 3.66. The minimum atomic E-state index is -0.0521. The van der Waals surface area contributed by atoms with E-state index in [-0.39, 0.29) is 11.1 Å². The van der Waals surface area contributed by atoms with Crippen LogP contribution in [0, 0.1) is 0 Å². The standard InChI is InChI=1S/C13H17ClN4O/c14-12-8-15-7-11(16-12)13(19)18-6-2-5-17-4-1-3-10(17)9-18/h7-8,10H,1-6,9H2. The molecule has 102 valence electrons. The van der Waals surface area contributed by atoms with Crippen LogP contribution >= 0.6 is 11.6 Å². The molecule has 1 aromatic rings. The number of nitrogens with zero attached hydrogens (tertiary/aromatic N) is 4. The zero-order valence-corrected chi connectivity index (χ0v) is 11.5. The summed E-state index contributed by atoms with van der Waals surface area (Å²) in [6, 6.07) is 0.513. The van der Waals surface area contributed by atoms with Gasteiger partial charge in [0, 0.05) is 25.7 Å². The second-order valence-electron chi connectivity index (χ2n) is 5.16. The molecule has 2 aliphatic rings. The molecule has 1 amide bonds. The third-order valence-electron chi connectivity index (χ3n) is 3.92. The molecule has 0 bridgehead atoms. The molecule has 0 aromatic carbocycles. The Balaban J connectivity index is 1.75. The lowest BCUT2D eigenvalue weighted by molar-refractivity contribution is 0.0737. The number of amides is 1. The van der Waals surface area contributed by atoms with Crippen molar-refractivity contribution in [3.63, 3.8) is 0 Å². The average molecular weight is 281 g/mol. The maximum Gasteiger partial charge on any atom is 0.274 e. The van der Waals surface area contributed by atoms with E-state index in [0.29, 0.717) is 11.7 Å². The highest BCUT2D eigenvalue weighted by Crippen LogP contribution is 2.22. The van der Waals surface area contributed by atoms with Crippen LogP contribution in [-0.4, -0.2) is 57.9 Å². The minimum absolute atomic E-state index is 0.0521. The molecule has 2 saturated heterocycles. The van der Waals surface area contributed by atoms with Crippen molar-refractivity contribution in [3.05, 3.63) is 23.2 Å². The number of carbonyl (C=O) groups is 1. The van der Waals surface area contributed by atoms with Gasteiger partial charge in [-0.15, -0.1) is 0 Å². The van der Waals surface area contributed by atoms with Crippen molar-refractivity contribution in [2.45, 2.75) is 25.3 Å². The second kappa shape index (κ2) is 5.43. The molecule has 1 aromatic heterocycles. The van der Waals surface area contributed by atoms with E-state index in [2.05, 4.69) is 14.9 Å². The molecule has 3 heterocycles. The van der Waals surface area contributed by atoms with Crippen LogP contribution < -0.4 is 0 Å². The van der Waals surface area contributed by atoms with Crippen molar-refractivity contribution < 1.29 is 4.79 Å². The number of aromatic nitrogens is 2. The SMILES string of the molecule is O=C(c1cncc(Cl)n1)N1CCCN2CCCC2C1. The Morgan fingerprint density at radius 3 is 2.95 bits per heavy atom.